The molecule has 0 unspecified atom stereocenters. The van der Waals surface area contributed by atoms with Crippen molar-refractivity contribution in [1.82, 2.24) is 14.9 Å². The Kier molecular flexibility index (Phi) is 4.24. The number of para-hydroxylation sites is 1. The molecule has 0 spiro atoms. The van der Waals surface area contributed by atoms with E-state index >= 15 is 0 Å². The summed E-state index contributed by atoms with van der Waals surface area (Å²) in [6, 6.07) is 9.08. The SMILES string of the molecule is COc1cccc(/C=N\n2c(-c3ccco3)n[nH]c2=S)c1OC. The second kappa shape index (κ2) is 6.49. The molecule has 0 bridgehead atoms. The lowest BCUT2D eigenvalue weighted by atomic mass is 10.2. The van der Waals surface area contributed by atoms with Crippen molar-refractivity contribution >= 4 is 18.4 Å². The van der Waals surface area contributed by atoms with Crippen LogP contribution in [-0.2, 0) is 0 Å². The van der Waals surface area contributed by atoms with Gasteiger partial charge in [0.1, 0.15) is 0 Å². The molecule has 0 radical (unpaired) electrons. The van der Waals surface area contributed by atoms with Gasteiger partial charge < -0.3 is 13.9 Å². The van der Waals surface area contributed by atoms with Crippen LogP contribution in [0.5, 0.6) is 11.5 Å². The number of benzene rings is 1. The summed E-state index contributed by atoms with van der Waals surface area (Å²) in [4.78, 5) is 0. The van der Waals surface area contributed by atoms with E-state index in [1.54, 1.807) is 38.8 Å². The van der Waals surface area contributed by atoms with E-state index in [1.807, 2.05) is 18.2 Å². The number of ether oxygens (including phenoxy) is 2. The van der Waals surface area contributed by atoms with Crippen LogP contribution in [0, 0.1) is 4.77 Å². The fourth-order valence-electron chi connectivity index (χ4n) is 2.10. The summed E-state index contributed by atoms with van der Waals surface area (Å²) in [5.74, 6) is 2.26. The molecule has 0 saturated heterocycles. The predicted molar refractivity (Wildman–Crippen MR) is 87.7 cm³/mol. The number of aromatic nitrogens is 3. The highest BCUT2D eigenvalue weighted by atomic mass is 32.1. The largest absolute Gasteiger partial charge is 0.493 e. The van der Waals surface area contributed by atoms with Gasteiger partial charge in [0, 0.05) is 5.56 Å². The number of nitrogens with one attached hydrogen (secondary N) is 1. The van der Waals surface area contributed by atoms with Crippen LogP contribution in [0.4, 0.5) is 0 Å². The van der Waals surface area contributed by atoms with Crippen LogP contribution in [0.25, 0.3) is 11.6 Å². The fraction of sp³-hybridized carbons (Fsp3) is 0.133. The number of hydrogen-bond acceptors (Lipinski definition) is 6. The van der Waals surface area contributed by atoms with Gasteiger partial charge in [-0.2, -0.15) is 9.78 Å². The van der Waals surface area contributed by atoms with Gasteiger partial charge in [0.15, 0.2) is 17.3 Å². The Labute approximate surface area is 137 Å². The van der Waals surface area contributed by atoms with Gasteiger partial charge in [0.2, 0.25) is 10.6 Å². The first kappa shape index (κ1) is 15.0. The standard InChI is InChI=1S/C15H14N4O3S/c1-20-11-6-3-5-10(13(11)21-2)9-16-19-14(17-18-15(19)23)12-7-4-8-22-12/h3-9H,1-2H3,(H,18,23)/b16-9-. The van der Waals surface area contributed by atoms with Crippen LogP contribution in [0.2, 0.25) is 0 Å². The maximum Gasteiger partial charge on any atom is 0.219 e. The van der Waals surface area contributed by atoms with Crippen molar-refractivity contribution in [3.05, 3.63) is 46.9 Å². The number of nitrogens with zero attached hydrogens (tertiary/aromatic N) is 3. The lowest BCUT2D eigenvalue weighted by Gasteiger charge is -2.09. The Bertz CT molecular complexity index is 881. The summed E-state index contributed by atoms with van der Waals surface area (Å²) in [5.41, 5.74) is 0.750. The highest BCUT2D eigenvalue weighted by molar-refractivity contribution is 7.71. The Balaban J connectivity index is 2.02. The van der Waals surface area contributed by atoms with E-state index in [1.165, 1.54) is 4.68 Å². The zero-order valence-electron chi connectivity index (χ0n) is 12.5. The smallest absolute Gasteiger partial charge is 0.219 e. The molecule has 1 N–H and O–H groups in total. The third-order valence-corrected chi connectivity index (χ3v) is 3.40. The van der Waals surface area contributed by atoms with Gasteiger partial charge in [0.25, 0.3) is 0 Å². The lowest BCUT2D eigenvalue weighted by Crippen LogP contribution is -1.98. The maximum absolute atomic E-state index is 5.38. The van der Waals surface area contributed by atoms with E-state index in [4.69, 9.17) is 26.1 Å². The molecular weight excluding hydrogens is 316 g/mol. The molecule has 0 amide bonds. The second-order valence-corrected chi connectivity index (χ2v) is 4.86. The summed E-state index contributed by atoms with van der Waals surface area (Å²) < 4.78 is 17.8. The van der Waals surface area contributed by atoms with Crippen molar-refractivity contribution in [2.45, 2.75) is 0 Å². The second-order valence-electron chi connectivity index (χ2n) is 4.47. The molecule has 3 rings (SSSR count). The van der Waals surface area contributed by atoms with Crippen LogP contribution in [-0.4, -0.2) is 35.3 Å². The average Bonchev–Trinajstić information content (AvgIpc) is 3.22. The van der Waals surface area contributed by atoms with E-state index in [2.05, 4.69) is 15.3 Å². The molecular formula is C15H14N4O3S. The molecule has 0 aliphatic rings. The zero-order valence-corrected chi connectivity index (χ0v) is 13.3. The van der Waals surface area contributed by atoms with E-state index < -0.39 is 0 Å². The van der Waals surface area contributed by atoms with E-state index in [9.17, 15) is 0 Å². The highest BCUT2D eigenvalue weighted by Crippen LogP contribution is 2.29. The average molecular weight is 330 g/mol. The first-order chi connectivity index (χ1) is 11.2. The normalized spacial score (nSPS) is 11.0. The molecule has 0 aliphatic heterocycles. The molecule has 0 aliphatic carbocycles. The number of hydrogen-bond donors (Lipinski definition) is 1. The quantitative estimate of drug-likeness (QED) is 0.574. The minimum atomic E-state index is 0.356. The van der Waals surface area contributed by atoms with Gasteiger partial charge in [-0.1, -0.05) is 6.07 Å². The molecule has 1 aromatic carbocycles. The summed E-state index contributed by atoms with van der Waals surface area (Å²) in [5, 5.41) is 11.2. The Morgan fingerprint density at radius 1 is 1.26 bits per heavy atom. The minimum absolute atomic E-state index is 0.356. The Morgan fingerprint density at radius 3 is 2.83 bits per heavy atom. The van der Waals surface area contributed by atoms with Crippen molar-refractivity contribution in [2.75, 3.05) is 14.2 Å². The van der Waals surface area contributed by atoms with E-state index in [0.29, 0.717) is 27.9 Å². The number of methoxy groups -OCH3 is 2. The highest BCUT2D eigenvalue weighted by Gasteiger charge is 2.11. The van der Waals surface area contributed by atoms with Gasteiger partial charge in [-0.15, -0.1) is 5.10 Å². The van der Waals surface area contributed by atoms with Crippen LogP contribution in [0.3, 0.4) is 0 Å². The van der Waals surface area contributed by atoms with Crippen LogP contribution in [0.1, 0.15) is 5.56 Å². The number of furan rings is 1. The number of rotatable bonds is 5. The van der Waals surface area contributed by atoms with Crippen LogP contribution >= 0.6 is 12.2 Å². The summed E-state index contributed by atoms with van der Waals surface area (Å²) >= 11 is 5.21. The topological polar surface area (TPSA) is 77.6 Å². The van der Waals surface area contributed by atoms with Crippen molar-refractivity contribution in [3.8, 4) is 23.1 Å². The van der Waals surface area contributed by atoms with Gasteiger partial charge >= 0.3 is 0 Å². The van der Waals surface area contributed by atoms with Crippen molar-refractivity contribution in [3.63, 3.8) is 0 Å². The predicted octanol–water partition coefficient (Wildman–Crippen LogP) is 3.10. The third kappa shape index (κ3) is 2.88. The minimum Gasteiger partial charge on any atom is -0.493 e. The molecule has 3 aromatic rings. The van der Waals surface area contributed by atoms with Gasteiger partial charge in [0.05, 0.1) is 26.7 Å². The van der Waals surface area contributed by atoms with Crippen molar-refractivity contribution in [1.29, 1.82) is 0 Å². The molecule has 0 fully saturated rings. The van der Waals surface area contributed by atoms with Crippen LogP contribution < -0.4 is 9.47 Å². The van der Waals surface area contributed by atoms with E-state index in [0.717, 1.165) is 5.56 Å². The molecule has 0 saturated carbocycles. The number of H-pyrrole nitrogens is 1. The van der Waals surface area contributed by atoms with Gasteiger partial charge in [-0.05, 0) is 36.5 Å². The summed E-state index contributed by atoms with van der Waals surface area (Å²) in [7, 11) is 3.16. The van der Waals surface area contributed by atoms with Gasteiger partial charge in [-0.3, -0.25) is 0 Å². The first-order valence-electron chi connectivity index (χ1n) is 6.71. The van der Waals surface area contributed by atoms with Crippen molar-refractivity contribution in [2.24, 2.45) is 5.10 Å². The molecule has 118 valence electrons. The van der Waals surface area contributed by atoms with Crippen molar-refractivity contribution < 1.29 is 13.9 Å². The Hall–Kier alpha value is -2.87. The fourth-order valence-corrected chi connectivity index (χ4v) is 2.28. The lowest BCUT2D eigenvalue weighted by molar-refractivity contribution is 0.354. The van der Waals surface area contributed by atoms with Gasteiger partial charge in [-0.25, -0.2) is 5.10 Å². The first-order valence-corrected chi connectivity index (χ1v) is 7.12. The molecule has 23 heavy (non-hydrogen) atoms. The Morgan fingerprint density at radius 2 is 2.13 bits per heavy atom. The molecule has 2 heterocycles. The summed E-state index contributed by atoms with van der Waals surface area (Å²) in [6.45, 7) is 0. The zero-order chi connectivity index (χ0) is 16.2. The molecule has 2 aromatic heterocycles. The summed E-state index contributed by atoms with van der Waals surface area (Å²) in [6.07, 6.45) is 3.19. The number of aromatic amines is 1. The van der Waals surface area contributed by atoms with Crippen LogP contribution in [0.15, 0.2) is 46.1 Å². The third-order valence-electron chi connectivity index (χ3n) is 3.14. The maximum atomic E-state index is 5.38. The van der Waals surface area contributed by atoms with E-state index in [-0.39, 0.29) is 0 Å². The molecule has 8 heteroatoms. The molecule has 7 nitrogen and oxygen atoms in total. The molecule has 0 atom stereocenters. The monoisotopic (exact) mass is 330 g/mol.